The number of aryl methyl sites for hydroxylation is 2. The highest BCUT2D eigenvalue weighted by Gasteiger charge is 2.51. The van der Waals surface area contributed by atoms with E-state index in [0.29, 0.717) is 24.7 Å². The lowest BCUT2D eigenvalue weighted by Crippen LogP contribution is -2.52. The summed E-state index contributed by atoms with van der Waals surface area (Å²) in [5.74, 6) is 2.93. The lowest BCUT2D eigenvalue weighted by Gasteiger charge is -2.57. The molecule has 1 amide bonds. The van der Waals surface area contributed by atoms with Crippen LogP contribution in [0, 0.1) is 47.1 Å². The zero-order valence-electron chi connectivity index (χ0n) is 20.8. The van der Waals surface area contributed by atoms with Crippen LogP contribution < -0.4 is 4.90 Å². The number of hydrogen-bond donors (Lipinski definition) is 0. The molecule has 186 valence electrons. The van der Waals surface area contributed by atoms with Crippen LogP contribution in [0.2, 0.25) is 0 Å². The predicted octanol–water partition coefficient (Wildman–Crippen LogP) is 4.65. The molecule has 1 saturated heterocycles. The average molecular weight is 478 g/mol. The summed E-state index contributed by atoms with van der Waals surface area (Å²) in [6.45, 7) is 6.68. The summed E-state index contributed by atoms with van der Waals surface area (Å²) in [6, 6.07) is 7.18. The second-order valence-electron chi connectivity index (χ2n) is 11.7. The maximum Gasteiger partial charge on any atom is 0.295 e. The zero-order valence-corrected chi connectivity index (χ0v) is 20.8. The van der Waals surface area contributed by atoms with Gasteiger partial charge in [0.15, 0.2) is 0 Å². The molecule has 2 aromatic rings. The number of benzene rings is 1. The molecule has 35 heavy (non-hydrogen) atoms. The van der Waals surface area contributed by atoms with Crippen molar-refractivity contribution in [1.82, 2.24) is 14.7 Å². The molecule has 8 heteroatoms. The Morgan fingerprint density at radius 2 is 1.66 bits per heavy atom. The van der Waals surface area contributed by atoms with E-state index in [1.165, 1.54) is 38.5 Å². The van der Waals surface area contributed by atoms with Crippen LogP contribution >= 0.6 is 0 Å². The molecule has 1 aromatic heterocycles. The van der Waals surface area contributed by atoms with E-state index in [0.717, 1.165) is 54.3 Å². The van der Waals surface area contributed by atoms with E-state index in [1.807, 2.05) is 32.0 Å². The normalized spacial score (nSPS) is 29.6. The second kappa shape index (κ2) is 8.35. The van der Waals surface area contributed by atoms with Crippen molar-refractivity contribution < 1.29 is 9.72 Å². The van der Waals surface area contributed by atoms with E-state index in [1.54, 1.807) is 10.7 Å². The van der Waals surface area contributed by atoms with Crippen LogP contribution in [0.1, 0.15) is 56.3 Å². The molecule has 0 N–H and O–H groups in total. The van der Waals surface area contributed by atoms with E-state index in [9.17, 15) is 14.9 Å². The molecule has 4 aliphatic carbocycles. The van der Waals surface area contributed by atoms with Gasteiger partial charge < -0.3 is 9.80 Å². The predicted molar refractivity (Wildman–Crippen MR) is 134 cm³/mol. The van der Waals surface area contributed by atoms with Crippen LogP contribution in [0.25, 0.3) is 5.69 Å². The van der Waals surface area contributed by atoms with Gasteiger partial charge in [0.2, 0.25) is 5.91 Å². The van der Waals surface area contributed by atoms with E-state index >= 15 is 0 Å². The maximum atomic E-state index is 13.3. The molecule has 5 fully saturated rings. The molecule has 0 unspecified atom stereocenters. The number of carbonyl (C=O) groups excluding carboxylic acids is 1. The Kier molecular flexibility index (Phi) is 5.38. The molecule has 4 saturated carbocycles. The molecule has 0 atom stereocenters. The van der Waals surface area contributed by atoms with Gasteiger partial charge in [0.05, 0.1) is 10.6 Å². The van der Waals surface area contributed by atoms with Crippen molar-refractivity contribution in [2.24, 2.45) is 23.2 Å². The summed E-state index contributed by atoms with van der Waals surface area (Å²) < 4.78 is 1.65. The zero-order chi connectivity index (χ0) is 24.3. The highest BCUT2D eigenvalue weighted by Crippen LogP contribution is 2.61. The van der Waals surface area contributed by atoms with Crippen molar-refractivity contribution in [2.45, 2.75) is 58.8 Å². The third kappa shape index (κ3) is 4.10. The van der Waals surface area contributed by atoms with Crippen LogP contribution in [0.5, 0.6) is 0 Å². The average Bonchev–Trinajstić information content (AvgIpc) is 3.15. The Morgan fingerprint density at radius 3 is 2.20 bits per heavy atom. The smallest absolute Gasteiger partial charge is 0.295 e. The first-order chi connectivity index (χ1) is 16.8. The number of nitro groups is 1. The fourth-order valence-electron chi connectivity index (χ4n) is 8.06. The third-order valence-corrected chi connectivity index (χ3v) is 9.08. The number of carbonyl (C=O) groups is 1. The largest absolute Gasteiger partial charge is 0.368 e. The number of amides is 1. The quantitative estimate of drug-likeness (QED) is 0.462. The first kappa shape index (κ1) is 22.6. The van der Waals surface area contributed by atoms with Gasteiger partial charge in [0.25, 0.3) is 5.69 Å². The molecular formula is C27H35N5O3. The standard InChI is InChI=1S/C27H35N5O3/c1-18-9-19(2)31(28-18)25-13-23(3-4-24(25)32(34)35)29-5-7-30(8-6-29)26(33)17-27-14-20-10-21(15-27)12-22(11-20)16-27/h3-4,9,13,20-22H,5-8,10-12,14-17H2,1-2H3. The number of nitrogens with zero attached hydrogens (tertiary/aromatic N) is 5. The number of nitro benzene ring substituents is 1. The highest BCUT2D eigenvalue weighted by atomic mass is 16.6. The maximum absolute atomic E-state index is 13.3. The van der Waals surface area contributed by atoms with Gasteiger partial charge in [-0.15, -0.1) is 0 Å². The van der Waals surface area contributed by atoms with Crippen molar-refractivity contribution in [2.75, 3.05) is 31.1 Å². The van der Waals surface area contributed by atoms with Crippen molar-refractivity contribution in [3.05, 3.63) is 45.8 Å². The molecule has 2 heterocycles. The summed E-state index contributed by atoms with van der Waals surface area (Å²) in [5, 5.41) is 16.2. The molecule has 7 rings (SSSR count). The summed E-state index contributed by atoms with van der Waals surface area (Å²) in [6.07, 6.45) is 8.74. The second-order valence-corrected chi connectivity index (χ2v) is 11.7. The van der Waals surface area contributed by atoms with Crippen molar-refractivity contribution >= 4 is 17.3 Å². The number of piperazine rings is 1. The number of rotatable bonds is 5. The molecule has 8 nitrogen and oxygen atoms in total. The summed E-state index contributed by atoms with van der Waals surface area (Å²) in [7, 11) is 0. The Bertz CT molecular complexity index is 1130. The van der Waals surface area contributed by atoms with Crippen LogP contribution in [0.3, 0.4) is 0 Å². The Hall–Kier alpha value is -2.90. The van der Waals surface area contributed by atoms with Crippen LogP contribution in [-0.2, 0) is 4.79 Å². The van der Waals surface area contributed by atoms with E-state index in [2.05, 4.69) is 14.9 Å². The Morgan fingerprint density at radius 1 is 1.03 bits per heavy atom. The van der Waals surface area contributed by atoms with Crippen LogP contribution in [0.4, 0.5) is 11.4 Å². The van der Waals surface area contributed by atoms with Crippen LogP contribution in [0.15, 0.2) is 24.3 Å². The molecule has 4 bridgehead atoms. The number of aromatic nitrogens is 2. The fourth-order valence-corrected chi connectivity index (χ4v) is 8.06. The van der Waals surface area contributed by atoms with Gasteiger partial charge in [-0.2, -0.15) is 5.10 Å². The van der Waals surface area contributed by atoms with Gasteiger partial charge in [-0.25, -0.2) is 4.68 Å². The van der Waals surface area contributed by atoms with E-state index in [-0.39, 0.29) is 16.0 Å². The topological polar surface area (TPSA) is 84.5 Å². The van der Waals surface area contributed by atoms with E-state index in [4.69, 9.17) is 0 Å². The molecule has 1 aromatic carbocycles. The monoisotopic (exact) mass is 477 g/mol. The minimum absolute atomic E-state index is 0.0457. The number of hydrogen-bond acceptors (Lipinski definition) is 5. The fraction of sp³-hybridized carbons (Fsp3) is 0.630. The van der Waals surface area contributed by atoms with Gasteiger partial charge in [0, 0.05) is 50.0 Å². The molecular weight excluding hydrogens is 442 g/mol. The van der Waals surface area contributed by atoms with Gasteiger partial charge >= 0.3 is 0 Å². The first-order valence-corrected chi connectivity index (χ1v) is 13.1. The van der Waals surface area contributed by atoms with Gasteiger partial charge in [0.1, 0.15) is 5.69 Å². The summed E-state index contributed by atoms with van der Waals surface area (Å²) in [5.41, 5.74) is 3.43. The SMILES string of the molecule is Cc1cc(C)n(-c2cc(N3CCN(C(=O)CC45CC6CC(CC(C6)C4)C5)CC3)ccc2[N+](=O)[O-])n1. The minimum atomic E-state index is -0.351. The lowest BCUT2D eigenvalue weighted by molar-refractivity contribution is -0.384. The van der Waals surface area contributed by atoms with Crippen LogP contribution in [-0.4, -0.2) is 51.7 Å². The Balaban J connectivity index is 1.14. The molecule has 5 aliphatic rings. The minimum Gasteiger partial charge on any atom is -0.368 e. The third-order valence-electron chi connectivity index (χ3n) is 9.08. The Labute approximate surface area is 206 Å². The van der Waals surface area contributed by atoms with Gasteiger partial charge in [-0.1, -0.05) is 0 Å². The lowest BCUT2D eigenvalue weighted by atomic mass is 9.49. The summed E-state index contributed by atoms with van der Waals surface area (Å²) >= 11 is 0. The van der Waals surface area contributed by atoms with Crippen molar-refractivity contribution in [3.8, 4) is 5.69 Å². The van der Waals surface area contributed by atoms with Gasteiger partial charge in [-0.05, 0) is 93.7 Å². The highest BCUT2D eigenvalue weighted by molar-refractivity contribution is 5.77. The van der Waals surface area contributed by atoms with Crippen molar-refractivity contribution in [3.63, 3.8) is 0 Å². The van der Waals surface area contributed by atoms with E-state index < -0.39 is 0 Å². The first-order valence-electron chi connectivity index (χ1n) is 13.1. The molecule has 0 radical (unpaired) electrons. The number of anilines is 1. The molecule has 0 spiro atoms. The van der Waals surface area contributed by atoms with Gasteiger partial charge in [-0.3, -0.25) is 14.9 Å². The summed E-state index contributed by atoms with van der Waals surface area (Å²) in [4.78, 5) is 29.0. The molecule has 1 aliphatic heterocycles. The van der Waals surface area contributed by atoms with Crippen molar-refractivity contribution in [1.29, 1.82) is 0 Å².